The van der Waals surface area contributed by atoms with E-state index in [-0.39, 0.29) is 30.6 Å². The molecule has 3 aromatic rings. The number of carbonyl (C=O) groups is 3. The number of amidine groups is 2. The second-order valence-electron chi connectivity index (χ2n) is 9.73. The van der Waals surface area contributed by atoms with Gasteiger partial charge in [-0.1, -0.05) is 73.3 Å². The Kier molecular flexibility index (Phi) is 8.40. The number of benzene rings is 3. The summed E-state index contributed by atoms with van der Waals surface area (Å²) in [6, 6.07) is 24.1. The quantitative estimate of drug-likeness (QED) is 0.380. The molecule has 0 aliphatic carbocycles. The Balaban J connectivity index is 1.29. The lowest BCUT2D eigenvalue weighted by atomic mass is 10.1. The molecule has 2 aliphatic heterocycles. The Morgan fingerprint density at radius 2 is 1.80 bits per heavy atom. The first-order valence-corrected chi connectivity index (χ1v) is 14.3. The minimum atomic E-state index is -0.698. The topological polar surface area (TPSA) is 103 Å². The maximum absolute atomic E-state index is 13.6. The summed E-state index contributed by atoms with van der Waals surface area (Å²) in [7, 11) is 0. The van der Waals surface area contributed by atoms with Crippen molar-refractivity contribution in [3.63, 3.8) is 0 Å². The van der Waals surface area contributed by atoms with Gasteiger partial charge in [0.2, 0.25) is 11.8 Å². The number of rotatable bonds is 9. The lowest BCUT2D eigenvalue weighted by Crippen LogP contribution is -2.42. The number of amides is 3. The molecule has 2 heterocycles. The van der Waals surface area contributed by atoms with Crippen LogP contribution in [0, 0.1) is 6.92 Å². The Morgan fingerprint density at radius 3 is 2.58 bits per heavy atom. The average molecular weight is 554 g/mol. The molecule has 40 heavy (non-hydrogen) atoms. The van der Waals surface area contributed by atoms with Gasteiger partial charge in [0, 0.05) is 24.2 Å². The predicted octanol–water partition coefficient (Wildman–Crippen LogP) is 5.20. The normalized spacial score (nSPS) is 16.4. The van der Waals surface area contributed by atoms with Crippen LogP contribution in [0.2, 0.25) is 0 Å². The van der Waals surface area contributed by atoms with E-state index in [1.807, 2.05) is 92.7 Å². The number of carbonyl (C=O) groups excluding carboxylic acids is 3. The molecule has 2 aliphatic rings. The molecule has 8 nitrogen and oxygen atoms in total. The molecule has 0 unspecified atom stereocenters. The molecule has 5 rings (SSSR count). The second kappa shape index (κ2) is 12.3. The highest BCUT2D eigenvalue weighted by Gasteiger charge is 2.42. The minimum absolute atomic E-state index is 0.135. The molecule has 0 aromatic heterocycles. The average Bonchev–Trinajstić information content (AvgIpc) is 3.30. The van der Waals surface area contributed by atoms with E-state index in [1.54, 1.807) is 0 Å². The van der Waals surface area contributed by atoms with Crippen molar-refractivity contribution >= 4 is 51.9 Å². The molecule has 0 fully saturated rings. The van der Waals surface area contributed by atoms with E-state index >= 15 is 0 Å². The number of aliphatic imine (C=N–C) groups is 2. The van der Waals surface area contributed by atoms with E-state index in [2.05, 4.69) is 10.6 Å². The Bertz CT molecular complexity index is 1490. The van der Waals surface area contributed by atoms with E-state index in [1.165, 1.54) is 16.7 Å². The molecule has 0 spiro atoms. The van der Waals surface area contributed by atoms with Crippen LogP contribution >= 0.6 is 11.8 Å². The van der Waals surface area contributed by atoms with Crippen molar-refractivity contribution in [3.8, 4) is 0 Å². The first-order chi connectivity index (χ1) is 19.4. The highest BCUT2D eigenvalue weighted by Crippen LogP contribution is 2.36. The molecular formula is C31H31N5O3S. The highest BCUT2D eigenvalue weighted by atomic mass is 32.2. The molecule has 0 bridgehead atoms. The molecule has 3 amide bonds. The molecule has 2 N–H and O–H groups in total. The number of hydrogen-bond acceptors (Lipinski definition) is 6. The summed E-state index contributed by atoms with van der Waals surface area (Å²) in [6.45, 7) is 4.34. The third-order valence-corrected chi connectivity index (χ3v) is 8.04. The summed E-state index contributed by atoms with van der Waals surface area (Å²) in [6.07, 6.45) is 0.999. The number of thioether (sulfide) groups is 1. The van der Waals surface area contributed by atoms with E-state index in [9.17, 15) is 14.4 Å². The van der Waals surface area contributed by atoms with Gasteiger partial charge >= 0.3 is 0 Å². The van der Waals surface area contributed by atoms with E-state index in [0.29, 0.717) is 29.7 Å². The van der Waals surface area contributed by atoms with Crippen molar-refractivity contribution in [1.29, 1.82) is 0 Å². The highest BCUT2D eigenvalue weighted by molar-refractivity contribution is 8.15. The summed E-state index contributed by atoms with van der Waals surface area (Å²) in [4.78, 5) is 50.4. The molecule has 0 saturated carbocycles. The fourth-order valence-corrected chi connectivity index (χ4v) is 5.64. The van der Waals surface area contributed by atoms with Crippen molar-refractivity contribution in [2.75, 3.05) is 5.32 Å². The van der Waals surface area contributed by atoms with Gasteiger partial charge in [-0.05, 0) is 55.2 Å². The number of nitrogens with zero attached hydrogens (tertiary/aromatic N) is 3. The Labute approximate surface area is 238 Å². The predicted molar refractivity (Wildman–Crippen MR) is 160 cm³/mol. The van der Waals surface area contributed by atoms with Gasteiger partial charge in [-0.3, -0.25) is 19.4 Å². The fourth-order valence-electron chi connectivity index (χ4n) is 4.62. The van der Waals surface area contributed by atoms with Crippen molar-refractivity contribution in [2.24, 2.45) is 9.98 Å². The number of para-hydroxylation sites is 1. The monoisotopic (exact) mass is 553 g/mol. The van der Waals surface area contributed by atoms with Crippen molar-refractivity contribution in [1.82, 2.24) is 10.2 Å². The van der Waals surface area contributed by atoms with Crippen LogP contribution in [0.3, 0.4) is 0 Å². The first kappa shape index (κ1) is 27.3. The van der Waals surface area contributed by atoms with E-state index in [0.717, 1.165) is 22.4 Å². The number of aryl methyl sites for hydroxylation is 1. The summed E-state index contributed by atoms with van der Waals surface area (Å²) < 4.78 is 0. The third-order valence-electron chi connectivity index (χ3n) is 6.72. The van der Waals surface area contributed by atoms with Crippen LogP contribution in [-0.4, -0.2) is 44.9 Å². The van der Waals surface area contributed by atoms with Gasteiger partial charge in [-0.15, -0.1) is 0 Å². The Hall–Kier alpha value is -4.24. The zero-order chi connectivity index (χ0) is 28.1. The largest absolute Gasteiger partial charge is 0.352 e. The van der Waals surface area contributed by atoms with Crippen molar-refractivity contribution < 1.29 is 14.4 Å². The van der Waals surface area contributed by atoms with Gasteiger partial charge < -0.3 is 10.6 Å². The summed E-state index contributed by atoms with van der Waals surface area (Å²) in [5.41, 5.74) is 4.24. The van der Waals surface area contributed by atoms with Gasteiger partial charge in [0.25, 0.3) is 5.91 Å². The number of anilines is 1. The zero-order valence-corrected chi connectivity index (χ0v) is 23.3. The van der Waals surface area contributed by atoms with Gasteiger partial charge in [0.05, 0.1) is 10.9 Å². The SMILES string of the molecule is CC[C@H](SC1=Nc2ccccc2C2=N[C@@H](CCC(=O)NCc3ccccc3)C(=O)N12)C(=O)Nc1cccc(C)c1. The number of fused-ring (bicyclic) bond motifs is 3. The van der Waals surface area contributed by atoms with Crippen LogP contribution in [0.5, 0.6) is 0 Å². The zero-order valence-electron chi connectivity index (χ0n) is 22.5. The molecule has 204 valence electrons. The van der Waals surface area contributed by atoms with Gasteiger partial charge in [0.15, 0.2) is 5.17 Å². The van der Waals surface area contributed by atoms with E-state index < -0.39 is 11.3 Å². The number of nitrogens with one attached hydrogen (secondary N) is 2. The van der Waals surface area contributed by atoms with Crippen molar-refractivity contribution in [3.05, 3.63) is 95.6 Å². The maximum atomic E-state index is 13.6. The molecule has 9 heteroatoms. The minimum Gasteiger partial charge on any atom is -0.352 e. The maximum Gasteiger partial charge on any atom is 0.259 e. The summed E-state index contributed by atoms with van der Waals surface area (Å²) in [5, 5.41) is 5.85. The van der Waals surface area contributed by atoms with Crippen LogP contribution in [0.1, 0.15) is 42.9 Å². The van der Waals surface area contributed by atoms with Crippen LogP contribution in [0.15, 0.2) is 88.8 Å². The molecule has 0 saturated heterocycles. The summed E-state index contributed by atoms with van der Waals surface area (Å²) in [5.74, 6) is -0.0111. The number of hydrogen-bond donors (Lipinski definition) is 2. The molecule has 3 aromatic carbocycles. The molecule has 0 radical (unpaired) electrons. The fraction of sp³-hybridized carbons (Fsp3) is 0.258. The lowest BCUT2D eigenvalue weighted by Gasteiger charge is -2.27. The smallest absolute Gasteiger partial charge is 0.259 e. The summed E-state index contributed by atoms with van der Waals surface area (Å²) >= 11 is 1.26. The lowest BCUT2D eigenvalue weighted by molar-refractivity contribution is -0.125. The molecule has 2 atom stereocenters. The van der Waals surface area contributed by atoms with Gasteiger partial charge in [-0.25, -0.2) is 9.89 Å². The standard InChI is InChI=1S/C31H31N5O3S/c1-3-26(29(38)33-22-13-9-10-20(2)18-22)40-31-35-24-15-8-7-14-23(24)28-34-25(30(39)36(28)31)16-17-27(37)32-19-21-11-5-4-6-12-21/h4-15,18,25-26H,3,16-17,19H2,1-2H3,(H,32,37)(H,33,38)/t25-,26-/m0/s1. The third kappa shape index (κ3) is 6.15. The van der Waals surface area contributed by atoms with Crippen LogP contribution in [0.4, 0.5) is 11.4 Å². The van der Waals surface area contributed by atoms with Gasteiger partial charge in [0.1, 0.15) is 11.9 Å². The van der Waals surface area contributed by atoms with Crippen LogP contribution in [0.25, 0.3) is 0 Å². The Morgan fingerprint density at radius 1 is 1.02 bits per heavy atom. The first-order valence-electron chi connectivity index (χ1n) is 13.4. The van der Waals surface area contributed by atoms with E-state index in [4.69, 9.17) is 9.98 Å². The van der Waals surface area contributed by atoms with Crippen LogP contribution < -0.4 is 10.6 Å². The van der Waals surface area contributed by atoms with Crippen molar-refractivity contribution in [2.45, 2.75) is 50.9 Å². The van der Waals surface area contributed by atoms with Gasteiger partial charge in [-0.2, -0.15) is 0 Å². The molecular weight excluding hydrogens is 522 g/mol. The second-order valence-corrected chi connectivity index (χ2v) is 10.9. The van der Waals surface area contributed by atoms with Crippen LogP contribution in [-0.2, 0) is 20.9 Å².